The van der Waals surface area contributed by atoms with E-state index in [1.54, 1.807) is 24.3 Å². The number of methoxy groups -OCH3 is 1. The summed E-state index contributed by atoms with van der Waals surface area (Å²) < 4.78 is 79.9. The summed E-state index contributed by atoms with van der Waals surface area (Å²) in [6, 6.07) is 12.3. The van der Waals surface area contributed by atoms with Crippen LogP contribution in [0.4, 0.5) is 13.2 Å². The predicted molar refractivity (Wildman–Crippen MR) is 106 cm³/mol. The number of alkyl halides is 3. The number of sulfonamides is 1. The van der Waals surface area contributed by atoms with Crippen LogP contribution in [0.2, 0.25) is 0 Å². The Morgan fingerprint density at radius 2 is 1.72 bits per heavy atom. The summed E-state index contributed by atoms with van der Waals surface area (Å²) in [6.45, 7) is 0.482. The first kappa shape index (κ1) is 22.1. The number of hydrogen-bond acceptors (Lipinski definition) is 7. The van der Waals surface area contributed by atoms with Gasteiger partial charge in [0.15, 0.2) is 0 Å². The minimum atomic E-state index is -4.71. The van der Waals surface area contributed by atoms with Crippen LogP contribution < -0.4 is 9.47 Å². The zero-order valence-corrected chi connectivity index (χ0v) is 17.6. The van der Waals surface area contributed by atoms with E-state index in [-0.39, 0.29) is 23.4 Å². The van der Waals surface area contributed by atoms with Crippen LogP contribution in [0.1, 0.15) is 12.3 Å². The van der Waals surface area contributed by atoms with E-state index in [2.05, 4.69) is 14.7 Å². The van der Waals surface area contributed by atoms with Crippen molar-refractivity contribution in [2.45, 2.75) is 23.6 Å². The maximum atomic E-state index is 12.8. The number of benzene rings is 2. The Balaban J connectivity index is 1.39. The summed E-state index contributed by atoms with van der Waals surface area (Å²) in [5.41, 5.74) is 0.326. The molecule has 1 atom stereocenters. The molecular formula is C20H18F3N3O5S. The van der Waals surface area contributed by atoms with Gasteiger partial charge in [-0.15, -0.1) is 0 Å². The molecule has 0 amide bonds. The van der Waals surface area contributed by atoms with Crippen LogP contribution in [-0.4, -0.2) is 49.2 Å². The summed E-state index contributed by atoms with van der Waals surface area (Å²) in [4.78, 5) is 3.50. The first-order chi connectivity index (χ1) is 15.2. The third kappa shape index (κ3) is 4.55. The Morgan fingerprint density at radius 1 is 1.06 bits per heavy atom. The predicted octanol–water partition coefficient (Wildman–Crippen LogP) is 3.61. The Bertz CT molecular complexity index is 1180. The van der Waals surface area contributed by atoms with Gasteiger partial charge in [-0.3, -0.25) is 0 Å². The number of nitrogens with zero attached hydrogens (tertiary/aromatic N) is 3. The van der Waals surface area contributed by atoms with Crippen molar-refractivity contribution in [2.75, 3.05) is 20.2 Å². The topological polar surface area (TPSA) is 94.8 Å². The molecule has 3 aromatic rings. The molecular weight excluding hydrogens is 451 g/mol. The lowest BCUT2D eigenvalue weighted by molar-refractivity contribution is -0.159. The molecule has 1 saturated heterocycles. The maximum absolute atomic E-state index is 12.8. The highest BCUT2D eigenvalue weighted by Crippen LogP contribution is 2.30. The molecule has 0 radical (unpaired) electrons. The molecule has 8 nitrogen and oxygen atoms in total. The lowest BCUT2D eigenvalue weighted by Gasteiger charge is -2.17. The van der Waals surface area contributed by atoms with E-state index in [1.165, 1.54) is 35.7 Å². The highest BCUT2D eigenvalue weighted by molar-refractivity contribution is 7.89. The molecule has 2 aromatic carbocycles. The van der Waals surface area contributed by atoms with Crippen molar-refractivity contribution < 1.29 is 35.6 Å². The van der Waals surface area contributed by atoms with Gasteiger partial charge >= 0.3 is 12.1 Å². The lowest BCUT2D eigenvalue weighted by atomic mass is 10.2. The number of rotatable bonds is 6. The molecule has 1 aliphatic heterocycles. The molecule has 0 N–H and O–H groups in total. The Hall–Kier alpha value is -3.12. The second kappa shape index (κ2) is 8.43. The van der Waals surface area contributed by atoms with E-state index in [0.29, 0.717) is 30.0 Å². The molecule has 0 aliphatic carbocycles. The molecule has 0 bridgehead atoms. The van der Waals surface area contributed by atoms with E-state index in [4.69, 9.17) is 9.47 Å². The van der Waals surface area contributed by atoms with Gasteiger partial charge in [-0.2, -0.15) is 22.5 Å². The van der Waals surface area contributed by atoms with Gasteiger partial charge in [-0.1, -0.05) is 5.16 Å². The summed E-state index contributed by atoms with van der Waals surface area (Å²) in [6.07, 6.45) is -4.58. The minimum Gasteiger partial charge on any atom is -0.497 e. The van der Waals surface area contributed by atoms with Gasteiger partial charge in [-0.25, -0.2) is 8.42 Å². The second-order valence-corrected chi connectivity index (χ2v) is 8.95. The van der Waals surface area contributed by atoms with Crippen molar-refractivity contribution in [1.82, 2.24) is 14.4 Å². The van der Waals surface area contributed by atoms with Gasteiger partial charge in [0.25, 0.3) is 0 Å². The monoisotopic (exact) mass is 469 g/mol. The normalized spacial score (nSPS) is 17.4. The van der Waals surface area contributed by atoms with Crippen LogP contribution in [0.5, 0.6) is 11.5 Å². The van der Waals surface area contributed by atoms with Crippen LogP contribution in [-0.2, 0) is 16.2 Å². The fraction of sp³-hybridized carbons (Fsp3) is 0.300. The van der Waals surface area contributed by atoms with Crippen LogP contribution in [0.25, 0.3) is 11.4 Å². The van der Waals surface area contributed by atoms with Crippen LogP contribution in [0.3, 0.4) is 0 Å². The number of aromatic nitrogens is 2. The maximum Gasteiger partial charge on any atom is 0.471 e. The van der Waals surface area contributed by atoms with Crippen LogP contribution in [0.15, 0.2) is 57.9 Å². The van der Waals surface area contributed by atoms with Gasteiger partial charge in [0.2, 0.25) is 15.8 Å². The third-order valence-electron chi connectivity index (χ3n) is 4.89. The molecule has 0 unspecified atom stereocenters. The number of halogens is 3. The molecule has 1 aliphatic rings. The largest absolute Gasteiger partial charge is 0.497 e. The molecule has 0 saturated carbocycles. The molecule has 0 spiro atoms. The zero-order chi connectivity index (χ0) is 22.9. The first-order valence-electron chi connectivity index (χ1n) is 9.49. The standard InChI is InChI=1S/C20H18F3N3O5S/c1-29-14-6-8-17(9-7-14)32(27,28)26-11-10-16(12-26)30-15-4-2-13(3-5-15)18-24-19(31-25-18)20(21,22)23/h2-9,16H,10-12H2,1H3/t16-/m0/s1. The average Bonchev–Trinajstić information content (AvgIpc) is 3.45. The molecule has 1 aromatic heterocycles. The summed E-state index contributed by atoms with van der Waals surface area (Å²) in [5.74, 6) is -0.606. The molecule has 32 heavy (non-hydrogen) atoms. The van der Waals surface area contributed by atoms with Crippen LogP contribution >= 0.6 is 0 Å². The van der Waals surface area contributed by atoms with E-state index >= 15 is 0 Å². The molecule has 1 fully saturated rings. The molecule has 170 valence electrons. The van der Waals surface area contributed by atoms with Gasteiger partial charge in [0.05, 0.1) is 18.6 Å². The SMILES string of the molecule is COc1ccc(S(=O)(=O)N2CC[C@H](Oc3ccc(-c4noc(C(F)(F)F)n4)cc3)C2)cc1. The average molecular weight is 469 g/mol. The fourth-order valence-electron chi connectivity index (χ4n) is 3.24. The van der Waals surface area contributed by atoms with Crippen molar-refractivity contribution >= 4 is 10.0 Å². The van der Waals surface area contributed by atoms with Gasteiger partial charge in [-0.05, 0) is 55.0 Å². The first-order valence-corrected chi connectivity index (χ1v) is 10.9. The Labute approximate surface area is 181 Å². The minimum absolute atomic E-state index is 0.168. The van der Waals surface area contributed by atoms with Crippen molar-refractivity contribution in [1.29, 1.82) is 0 Å². The highest BCUT2D eigenvalue weighted by Gasteiger charge is 2.38. The van der Waals surface area contributed by atoms with E-state index in [9.17, 15) is 21.6 Å². The fourth-order valence-corrected chi connectivity index (χ4v) is 4.73. The smallest absolute Gasteiger partial charge is 0.471 e. The molecule has 4 rings (SSSR count). The quantitative estimate of drug-likeness (QED) is 0.544. The summed E-state index contributed by atoms with van der Waals surface area (Å²) in [7, 11) is -2.16. The second-order valence-electron chi connectivity index (χ2n) is 7.01. The summed E-state index contributed by atoms with van der Waals surface area (Å²) in [5, 5.41) is 3.33. The van der Waals surface area contributed by atoms with Crippen molar-refractivity contribution in [3.63, 3.8) is 0 Å². The number of hydrogen-bond donors (Lipinski definition) is 0. The number of ether oxygens (including phenoxy) is 2. The van der Waals surface area contributed by atoms with E-state index in [0.717, 1.165) is 0 Å². The summed E-state index contributed by atoms with van der Waals surface area (Å²) >= 11 is 0. The Kier molecular flexibility index (Phi) is 5.82. The van der Waals surface area contributed by atoms with Crippen molar-refractivity contribution in [3.8, 4) is 22.9 Å². The third-order valence-corrected chi connectivity index (χ3v) is 6.77. The van der Waals surface area contributed by atoms with Crippen molar-refractivity contribution in [2.24, 2.45) is 0 Å². The van der Waals surface area contributed by atoms with E-state index in [1.807, 2.05) is 0 Å². The zero-order valence-electron chi connectivity index (χ0n) is 16.7. The van der Waals surface area contributed by atoms with Crippen molar-refractivity contribution in [3.05, 3.63) is 54.4 Å². The van der Waals surface area contributed by atoms with Crippen LogP contribution in [0, 0.1) is 0 Å². The van der Waals surface area contributed by atoms with Gasteiger partial charge < -0.3 is 14.0 Å². The van der Waals surface area contributed by atoms with Gasteiger partial charge in [0, 0.05) is 12.1 Å². The van der Waals surface area contributed by atoms with E-state index < -0.39 is 22.1 Å². The molecule has 2 heterocycles. The lowest BCUT2D eigenvalue weighted by Crippen LogP contribution is -2.31. The highest BCUT2D eigenvalue weighted by atomic mass is 32.2. The van der Waals surface area contributed by atoms with Gasteiger partial charge in [0.1, 0.15) is 17.6 Å². The Morgan fingerprint density at radius 3 is 2.31 bits per heavy atom. The molecule has 12 heteroatoms.